The van der Waals surface area contributed by atoms with E-state index < -0.39 is 0 Å². The van der Waals surface area contributed by atoms with E-state index in [0.717, 1.165) is 5.56 Å². The van der Waals surface area contributed by atoms with Gasteiger partial charge in [-0.2, -0.15) is 5.26 Å². The van der Waals surface area contributed by atoms with Crippen molar-refractivity contribution in [1.29, 1.82) is 5.26 Å². The van der Waals surface area contributed by atoms with Crippen LogP contribution in [0.15, 0.2) is 18.2 Å². The molecular weight excluding hydrogens is 184 g/mol. The molecule has 2 heteroatoms. The van der Waals surface area contributed by atoms with Gasteiger partial charge in [-0.05, 0) is 30.5 Å². The van der Waals surface area contributed by atoms with Crippen LogP contribution in [-0.4, -0.2) is 6.04 Å². The fraction of sp³-hybridized carbons (Fsp3) is 0.462. The third-order valence-corrected chi connectivity index (χ3v) is 3.69. The Morgan fingerprint density at radius 1 is 1.27 bits per heavy atom. The van der Waals surface area contributed by atoms with Gasteiger partial charge in [0.2, 0.25) is 0 Å². The summed E-state index contributed by atoms with van der Waals surface area (Å²) in [4.78, 5) is 0. The van der Waals surface area contributed by atoms with Crippen LogP contribution in [-0.2, 0) is 0 Å². The Hall–Kier alpha value is -1.49. The first-order valence-electron chi connectivity index (χ1n) is 5.69. The molecule has 2 unspecified atom stereocenters. The molecule has 15 heavy (non-hydrogen) atoms. The highest BCUT2D eigenvalue weighted by molar-refractivity contribution is 5.62. The Bertz CT molecular complexity index is 431. The molecule has 1 aromatic rings. The predicted molar refractivity (Wildman–Crippen MR) is 59.8 cm³/mol. The maximum absolute atomic E-state index is 8.85. The van der Waals surface area contributed by atoms with Crippen LogP contribution < -0.4 is 5.32 Å². The van der Waals surface area contributed by atoms with Gasteiger partial charge in [-0.15, -0.1) is 0 Å². The van der Waals surface area contributed by atoms with Crippen LogP contribution in [0.3, 0.4) is 0 Å². The Morgan fingerprint density at radius 3 is 3.00 bits per heavy atom. The van der Waals surface area contributed by atoms with E-state index in [1.54, 1.807) is 0 Å². The lowest BCUT2D eigenvalue weighted by atomic mass is 9.83. The van der Waals surface area contributed by atoms with Crippen LogP contribution in [0.2, 0.25) is 0 Å². The molecule has 2 nitrogen and oxygen atoms in total. The van der Waals surface area contributed by atoms with Crippen LogP contribution in [0.1, 0.15) is 42.7 Å². The highest BCUT2D eigenvalue weighted by Crippen LogP contribution is 2.43. The molecule has 76 valence electrons. The fourth-order valence-corrected chi connectivity index (χ4v) is 2.95. The molecule has 1 aliphatic heterocycles. The van der Waals surface area contributed by atoms with Crippen molar-refractivity contribution >= 4 is 5.69 Å². The third kappa shape index (κ3) is 1.31. The van der Waals surface area contributed by atoms with Gasteiger partial charge < -0.3 is 5.32 Å². The van der Waals surface area contributed by atoms with Crippen molar-refractivity contribution in [2.75, 3.05) is 5.32 Å². The summed E-state index contributed by atoms with van der Waals surface area (Å²) in [5.41, 5.74) is 3.39. The molecule has 1 fully saturated rings. The highest BCUT2D eigenvalue weighted by atomic mass is 15.0. The molecule has 0 amide bonds. The van der Waals surface area contributed by atoms with Crippen LogP contribution in [0, 0.1) is 11.3 Å². The van der Waals surface area contributed by atoms with Crippen molar-refractivity contribution in [1.82, 2.24) is 0 Å². The number of hydrogen-bond donors (Lipinski definition) is 1. The molecule has 0 bridgehead atoms. The van der Waals surface area contributed by atoms with Crippen molar-refractivity contribution < 1.29 is 0 Å². The first kappa shape index (κ1) is 8.79. The smallest absolute Gasteiger partial charge is 0.0992 e. The van der Waals surface area contributed by atoms with E-state index >= 15 is 0 Å². The molecule has 3 rings (SSSR count). The summed E-state index contributed by atoms with van der Waals surface area (Å²) >= 11 is 0. The van der Waals surface area contributed by atoms with E-state index in [9.17, 15) is 0 Å². The summed E-state index contributed by atoms with van der Waals surface area (Å²) < 4.78 is 0. The average Bonchev–Trinajstić information content (AvgIpc) is 2.66. The van der Waals surface area contributed by atoms with Crippen LogP contribution in [0.25, 0.3) is 0 Å². The molecule has 1 aliphatic carbocycles. The zero-order valence-corrected chi connectivity index (χ0v) is 8.66. The third-order valence-electron chi connectivity index (χ3n) is 3.69. The molecule has 2 atom stereocenters. The summed E-state index contributed by atoms with van der Waals surface area (Å²) in [5, 5.41) is 12.4. The van der Waals surface area contributed by atoms with Gasteiger partial charge in [-0.3, -0.25) is 0 Å². The molecule has 1 N–H and O–H groups in total. The monoisotopic (exact) mass is 198 g/mol. The van der Waals surface area contributed by atoms with Crippen molar-refractivity contribution in [2.45, 2.75) is 37.6 Å². The summed E-state index contributed by atoms with van der Waals surface area (Å²) in [6.07, 6.45) is 5.27. The minimum Gasteiger partial charge on any atom is -0.381 e. The second kappa shape index (κ2) is 3.27. The van der Waals surface area contributed by atoms with E-state index in [0.29, 0.717) is 12.0 Å². The fourth-order valence-electron chi connectivity index (χ4n) is 2.95. The minimum atomic E-state index is 0.627. The summed E-state index contributed by atoms with van der Waals surface area (Å²) in [7, 11) is 0. The molecule has 2 aliphatic rings. The van der Waals surface area contributed by atoms with Crippen molar-refractivity contribution in [3.8, 4) is 6.07 Å². The largest absolute Gasteiger partial charge is 0.381 e. The van der Waals surface area contributed by atoms with Gasteiger partial charge in [0, 0.05) is 17.6 Å². The Balaban J connectivity index is 2.01. The predicted octanol–water partition coefficient (Wildman–Crippen LogP) is 3.01. The van der Waals surface area contributed by atoms with Crippen molar-refractivity contribution in [3.63, 3.8) is 0 Å². The molecule has 1 saturated carbocycles. The lowest BCUT2D eigenvalue weighted by molar-refractivity contribution is 0.422. The standard InChI is InChI=1S/C13H14N2/c14-8-9-5-6-11-10-3-1-2-4-12(10)15-13(11)7-9/h5-7,10,12,15H,1-4H2. The quantitative estimate of drug-likeness (QED) is 0.695. The highest BCUT2D eigenvalue weighted by Gasteiger charge is 2.33. The van der Waals surface area contributed by atoms with Gasteiger partial charge in [0.25, 0.3) is 0 Å². The number of nitrogens with one attached hydrogen (secondary N) is 1. The first-order chi connectivity index (χ1) is 7.38. The normalized spacial score (nSPS) is 27.4. The number of fused-ring (bicyclic) bond motifs is 3. The van der Waals surface area contributed by atoms with E-state index in [4.69, 9.17) is 5.26 Å². The zero-order chi connectivity index (χ0) is 10.3. The number of anilines is 1. The van der Waals surface area contributed by atoms with Gasteiger partial charge in [0.15, 0.2) is 0 Å². The van der Waals surface area contributed by atoms with Crippen molar-refractivity contribution in [3.05, 3.63) is 29.3 Å². The maximum atomic E-state index is 8.85. The Morgan fingerprint density at radius 2 is 2.13 bits per heavy atom. The molecule has 0 saturated heterocycles. The second-order valence-electron chi connectivity index (χ2n) is 4.56. The molecular formula is C13H14N2. The molecule has 0 spiro atoms. The Labute approximate surface area is 89.9 Å². The maximum Gasteiger partial charge on any atom is 0.0992 e. The molecule has 0 radical (unpaired) electrons. The molecule has 1 aromatic carbocycles. The number of nitriles is 1. The first-order valence-corrected chi connectivity index (χ1v) is 5.69. The van der Waals surface area contributed by atoms with Crippen LogP contribution in [0.5, 0.6) is 0 Å². The lowest BCUT2D eigenvalue weighted by Crippen LogP contribution is -2.23. The van der Waals surface area contributed by atoms with E-state index in [-0.39, 0.29) is 0 Å². The number of nitrogens with zero attached hydrogens (tertiary/aromatic N) is 1. The van der Waals surface area contributed by atoms with E-state index in [2.05, 4.69) is 17.5 Å². The van der Waals surface area contributed by atoms with Gasteiger partial charge in [0.05, 0.1) is 11.6 Å². The molecule has 0 aromatic heterocycles. The number of benzene rings is 1. The van der Waals surface area contributed by atoms with Crippen molar-refractivity contribution in [2.24, 2.45) is 0 Å². The summed E-state index contributed by atoms with van der Waals surface area (Å²) in [5.74, 6) is 0.696. The molecule has 1 heterocycles. The van der Waals surface area contributed by atoms with E-state index in [1.165, 1.54) is 36.9 Å². The van der Waals surface area contributed by atoms with Gasteiger partial charge in [-0.25, -0.2) is 0 Å². The van der Waals surface area contributed by atoms with Gasteiger partial charge in [-0.1, -0.05) is 18.9 Å². The number of rotatable bonds is 0. The topological polar surface area (TPSA) is 35.8 Å². The summed E-state index contributed by atoms with van der Waals surface area (Å²) in [6.45, 7) is 0. The van der Waals surface area contributed by atoms with Gasteiger partial charge in [0.1, 0.15) is 0 Å². The average molecular weight is 198 g/mol. The van der Waals surface area contributed by atoms with E-state index in [1.807, 2.05) is 12.1 Å². The summed E-state index contributed by atoms with van der Waals surface area (Å²) in [6, 6.07) is 8.90. The minimum absolute atomic E-state index is 0.627. The van der Waals surface area contributed by atoms with Gasteiger partial charge >= 0.3 is 0 Å². The SMILES string of the molecule is N#Cc1ccc2c(c1)NC1CCCCC21. The zero-order valence-electron chi connectivity index (χ0n) is 8.66. The number of hydrogen-bond acceptors (Lipinski definition) is 2. The van der Waals surface area contributed by atoms with Crippen LogP contribution in [0.4, 0.5) is 5.69 Å². The lowest BCUT2D eigenvalue weighted by Gasteiger charge is -2.25. The Kier molecular flexibility index (Phi) is 1.92. The second-order valence-corrected chi connectivity index (χ2v) is 4.56. The van der Waals surface area contributed by atoms with Crippen LogP contribution >= 0.6 is 0 Å².